The van der Waals surface area contributed by atoms with Gasteiger partial charge in [0.05, 0.1) is 6.54 Å². The molecule has 0 radical (unpaired) electrons. The molecule has 3 nitrogen and oxygen atoms in total. The highest BCUT2D eigenvalue weighted by Gasteiger charge is 2.25. The van der Waals surface area contributed by atoms with Crippen molar-refractivity contribution in [3.8, 4) is 0 Å². The molecule has 1 aromatic heterocycles. The highest BCUT2D eigenvalue weighted by molar-refractivity contribution is 7.11. The molecule has 1 rings (SSSR count). The zero-order valence-electron chi connectivity index (χ0n) is 8.90. The van der Waals surface area contributed by atoms with Crippen LogP contribution in [0.4, 0.5) is 13.2 Å². The van der Waals surface area contributed by atoms with Gasteiger partial charge in [0.2, 0.25) is 0 Å². The largest absolute Gasteiger partial charge is 0.401 e. The third kappa shape index (κ3) is 6.04. The Morgan fingerprint density at radius 1 is 1.31 bits per heavy atom. The third-order valence-electron chi connectivity index (χ3n) is 1.75. The van der Waals surface area contributed by atoms with Gasteiger partial charge in [-0.3, -0.25) is 0 Å². The molecule has 0 bridgehead atoms. The van der Waals surface area contributed by atoms with E-state index < -0.39 is 12.7 Å². The quantitative estimate of drug-likeness (QED) is 0.758. The summed E-state index contributed by atoms with van der Waals surface area (Å²) in [6, 6.07) is 0. The van der Waals surface area contributed by atoms with Crippen LogP contribution in [0.1, 0.15) is 9.88 Å². The van der Waals surface area contributed by atoms with Gasteiger partial charge in [0, 0.05) is 30.7 Å². The van der Waals surface area contributed by atoms with Crippen molar-refractivity contribution in [2.24, 2.45) is 0 Å². The summed E-state index contributed by atoms with van der Waals surface area (Å²) in [4.78, 5) is 5.26. The fraction of sp³-hybridized carbons (Fsp3) is 0.667. The number of thiazole rings is 1. The van der Waals surface area contributed by atoms with Gasteiger partial charge in [-0.1, -0.05) is 0 Å². The van der Waals surface area contributed by atoms with Crippen LogP contribution in [-0.4, -0.2) is 30.8 Å². The molecule has 92 valence electrons. The first-order valence-electron chi connectivity index (χ1n) is 4.87. The second-order valence-corrected chi connectivity index (χ2v) is 4.65. The van der Waals surface area contributed by atoms with Crippen LogP contribution >= 0.6 is 11.3 Å². The van der Waals surface area contributed by atoms with E-state index in [4.69, 9.17) is 0 Å². The van der Waals surface area contributed by atoms with Gasteiger partial charge in [-0.05, 0) is 6.92 Å². The van der Waals surface area contributed by atoms with E-state index in [1.807, 2.05) is 6.92 Å². The monoisotopic (exact) mass is 253 g/mol. The summed E-state index contributed by atoms with van der Waals surface area (Å²) in [5.41, 5.74) is 0. The first-order chi connectivity index (χ1) is 7.47. The van der Waals surface area contributed by atoms with Crippen LogP contribution in [-0.2, 0) is 6.54 Å². The molecule has 0 spiro atoms. The van der Waals surface area contributed by atoms with Crippen LogP contribution in [0.15, 0.2) is 6.20 Å². The topological polar surface area (TPSA) is 37.0 Å². The maximum atomic E-state index is 11.7. The number of alkyl halides is 3. The lowest BCUT2D eigenvalue weighted by Crippen LogP contribution is -2.34. The van der Waals surface area contributed by atoms with Crippen molar-refractivity contribution in [2.45, 2.75) is 19.6 Å². The number of hydrogen-bond acceptors (Lipinski definition) is 4. The molecule has 0 atom stereocenters. The Hall–Kier alpha value is -0.660. The summed E-state index contributed by atoms with van der Waals surface area (Å²) in [6.45, 7) is 2.42. The molecule has 0 saturated heterocycles. The van der Waals surface area contributed by atoms with E-state index >= 15 is 0 Å². The van der Waals surface area contributed by atoms with Crippen molar-refractivity contribution in [3.05, 3.63) is 16.1 Å². The first-order valence-corrected chi connectivity index (χ1v) is 5.68. The summed E-state index contributed by atoms with van der Waals surface area (Å²) in [7, 11) is 0. The van der Waals surface area contributed by atoms with E-state index in [1.54, 1.807) is 17.5 Å². The SMILES string of the molecule is Cc1cnc(CNCCNCC(F)(F)F)s1. The lowest BCUT2D eigenvalue weighted by atomic mass is 10.5. The Morgan fingerprint density at radius 3 is 2.56 bits per heavy atom. The standard InChI is InChI=1S/C9H14F3N3S/c1-7-4-15-8(16-7)5-13-2-3-14-6-9(10,11)12/h4,13-14H,2-3,5-6H2,1H3. The van der Waals surface area contributed by atoms with E-state index in [2.05, 4.69) is 15.6 Å². The average Bonchev–Trinajstić information content (AvgIpc) is 2.56. The fourth-order valence-corrected chi connectivity index (χ4v) is 1.84. The molecule has 0 unspecified atom stereocenters. The van der Waals surface area contributed by atoms with Gasteiger partial charge in [-0.25, -0.2) is 4.98 Å². The summed E-state index contributed by atoms with van der Waals surface area (Å²) in [6.07, 6.45) is -2.35. The molecule has 0 aliphatic rings. The minimum atomic E-state index is -4.13. The number of nitrogens with zero attached hydrogens (tertiary/aromatic N) is 1. The van der Waals surface area contributed by atoms with E-state index in [0.717, 1.165) is 9.88 Å². The molecule has 0 amide bonds. The molecule has 0 fully saturated rings. The number of nitrogens with one attached hydrogen (secondary N) is 2. The second kappa shape index (κ2) is 6.17. The van der Waals surface area contributed by atoms with E-state index in [-0.39, 0.29) is 0 Å². The lowest BCUT2D eigenvalue weighted by molar-refractivity contribution is -0.124. The molecule has 0 aromatic carbocycles. The van der Waals surface area contributed by atoms with Crippen molar-refractivity contribution in [2.75, 3.05) is 19.6 Å². The van der Waals surface area contributed by atoms with Crippen LogP contribution in [0.5, 0.6) is 0 Å². The van der Waals surface area contributed by atoms with Crippen LogP contribution in [0, 0.1) is 6.92 Å². The molecule has 1 aromatic rings. The van der Waals surface area contributed by atoms with Gasteiger partial charge in [0.25, 0.3) is 0 Å². The minimum absolute atomic E-state index is 0.296. The predicted molar refractivity (Wildman–Crippen MR) is 57.5 cm³/mol. The Bertz CT molecular complexity index is 311. The zero-order chi connectivity index (χ0) is 12.0. The normalized spacial score (nSPS) is 12.0. The highest BCUT2D eigenvalue weighted by Crippen LogP contribution is 2.12. The summed E-state index contributed by atoms with van der Waals surface area (Å²) in [5, 5.41) is 6.28. The van der Waals surface area contributed by atoms with Gasteiger partial charge in [-0.15, -0.1) is 11.3 Å². The summed E-state index contributed by atoms with van der Waals surface area (Å²) >= 11 is 1.58. The molecular weight excluding hydrogens is 239 g/mol. The number of rotatable bonds is 6. The van der Waals surface area contributed by atoms with Crippen molar-refractivity contribution in [1.82, 2.24) is 15.6 Å². The maximum absolute atomic E-state index is 11.7. The van der Waals surface area contributed by atoms with Crippen LogP contribution in [0.25, 0.3) is 0 Å². The molecule has 7 heteroatoms. The van der Waals surface area contributed by atoms with E-state index in [9.17, 15) is 13.2 Å². The maximum Gasteiger partial charge on any atom is 0.401 e. The molecule has 2 N–H and O–H groups in total. The van der Waals surface area contributed by atoms with Crippen molar-refractivity contribution < 1.29 is 13.2 Å². The first kappa shape index (κ1) is 13.4. The summed E-state index contributed by atoms with van der Waals surface area (Å²) in [5.74, 6) is 0. The highest BCUT2D eigenvalue weighted by atomic mass is 32.1. The molecular formula is C9H14F3N3S. The van der Waals surface area contributed by atoms with E-state index in [1.165, 1.54) is 0 Å². The Morgan fingerprint density at radius 2 is 2.00 bits per heavy atom. The predicted octanol–water partition coefficient (Wildman–Crippen LogP) is 1.69. The molecule has 0 saturated carbocycles. The summed E-state index contributed by atoms with van der Waals surface area (Å²) < 4.78 is 35.2. The third-order valence-corrected chi connectivity index (χ3v) is 2.66. The average molecular weight is 253 g/mol. The Kier molecular flexibility index (Phi) is 5.17. The number of hydrogen-bond donors (Lipinski definition) is 2. The van der Waals surface area contributed by atoms with Crippen LogP contribution < -0.4 is 10.6 Å². The molecule has 16 heavy (non-hydrogen) atoms. The van der Waals surface area contributed by atoms with Gasteiger partial charge >= 0.3 is 6.18 Å². The van der Waals surface area contributed by atoms with Gasteiger partial charge in [0.1, 0.15) is 5.01 Å². The second-order valence-electron chi connectivity index (χ2n) is 3.33. The van der Waals surface area contributed by atoms with Gasteiger partial charge < -0.3 is 10.6 Å². The number of aromatic nitrogens is 1. The van der Waals surface area contributed by atoms with Crippen molar-refractivity contribution in [3.63, 3.8) is 0 Å². The van der Waals surface area contributed by atoms with Gasteiger partial charge in [-0.2, -0.15) is 13.2 Å². The minimum Gasteiger partial charge on any atom is -0.309 e. The lowest BCUT2D eigenvalue weighted by Gasteiger charge is -2.08. The Labute approximate surface area is 96.1 Å². The van der Waals surface area contributed by atoms with Crippen LogP contribution in [0.3, 0.4) is 0 Å². The van der Waals surface area contributed by atoms with Gasteiger partial charge in [0.15, 0.2) is 0 Å². The number of aryl methyl sites for hydroxylation is 1. The smallest absolute Gasteiger partial charge is 0.309 e. The molecule has 0 aliphatic carbocycles. The Balaban J connectivity index is 2.00. The molecule has 1 heterocycles. The fourth-order valence-electron chi connectivity index (χ4n) is 1.09. The zero-order valence-corrected chi connectivity index (χ0v) is 9.71. The van der Waals surface area contributed by atoms with Crippen molar-refractivity contribution in [1.29, 1.82) is 0 Å². The molecule has 0 aliphatic heterocycles. The van der Waals surface area contributed by atoms with E-state index in [0.29, 0.717) is 19.6 Å². The van der Waals surface area contributed by atoms with Crippen molar-refractivity contribution >= 4 is 11.3 Å². The van der Waals surface area contributed by atoms with Crippen LogP contribution in [0.2, 0.25) is 0 Å². The number of halogens is 3.